The Labute approximate surface area is 148 Å². The third-order valence-electron chi connectivity index (χ3n) is 4.08. The summed E-state index contributed by atoms with van der Waals surface area (Å²) in [7, 11) is 1.96. The van der Waals surface area contributed by atoms with Gasteiger partial charge in [-0.1, -0.05) is 0 Å². The van der Waals surface area contributed by atoms with Gasteiger partial charge in [0.25, 0.3) is 0 Å². The molecule has 2 aromatic rings. The average Bonchev–Trinajstić information content (AvgIpc) is 2.62. The van der Waals surface area contributed by atoms with E-state index < -0.39 is 0 Å². The highest BCUT2D eigenvalue weighted by Crippen LogP contribution is 2.25. The number of benzene rings is 1. The minimum atomic E-state index is -0.371. The number of rotatable bonds is 6. The van der Waals surface area contributed by atoms with Crippen molar-refractivity contribution in [3.63, 3.8) is 0 Å². The van der Waals surface area contributed by atoms with Crippen LogP contribution >= 0.6 is 0 Å². The van der Waals surface area contributed by atoms with Crippen LogP contribution in [0.5, 0.6) is 0 Å². The lowest BCUT2D eigenvalue weighted by atomic mass is 10.0. The lowest BCUT2D eigenvalue weighted by molar-refractivity contribution is 0.0466. The Morgan fingerprint density at radius 2 is 1.92 bits per heavy atom. The van der Waals surface area contributed by atoms with Gasteiger partial charge >= 0.3 is 5.97 Å². The fourth-order valence-electron chi connectivity index (χ4n) is 2.13. The van der Waals surface area contributed by atoms with E-state index in [0.29, 0.717) is 11.3 Å². The van der Waals surface area contributed by atoms with E-state index in [9.17, 15) is 4.79 Å². The van der Waals surface area contributed by atoms with Crippen LogP contribution < -0.4 is 0 Å². The first kappa shape index (κ1) is 18.6. The van der Waals surface area contributed by atoms with E-state index in [1.165, 1.54) is 0 Å². The van der Waals surface area contributed by atoms with Gasteiger partial charge in [-0.15, -0.1) is 0 Å². The smallest absolute Gasteiger partial charge is 0.338 e. The normalized spacial score (nSPS) is 10.9. The minimum absolute atomic E-state index is 0.103. The number of ether oxygens (including phenoxy) is 1. The van der Waals surface area contributed by atoms with Crippen molar-refractivity contribution in [3.8, 4) is 0 Å². The van der Waals surface area contributed by atoms with E-state index in [2.05, 4.69) is 22.1 Å². The maximum absolute atomic E-state index is 12.4. The Balaban J connectivity index is 2.10. The second kappa shape index (κ2) is 8.37. The van der Waals surface area contributed by atoms with Crippen molar-refractivity contribution in [1.82, 2.24) is 15.1 Å². The standard InChI is InChI=1S/C19H24N4O2/c1-6-23(5)12-20-18-10-9-17(14(3)15(18)4)19(24)25-11-16-8-7-13(2)21-22-16/h7-10,12H,6,11H2,1-5H3. The molecule has 2 rings (SSSR count). The fourth-order valence-corrected chi connectivity index (χ4v) is 2.13. The number of hydrogen-bond donors (Lipinski definition) is 0. The van der Waals surface area contributed by atoms with E-state index in [4.69, 9.17) is 4.74 Å². The molecule has 0 radical (unpaired) electrons. The van der Waals surface area contributed by atoms with Crippen LogP contribution in [0.15, 0.2) is 29.3 Å². The molecule has 1 aromatic heterocycles. The van der Waals surface area contributed by atoms with Crippen LogP contribution in [-0.2, 0) is 11.3 Å². The SMILES string of the molecule is CCN(C)C=Nc1ccc(C(=O)OCc2ccc(C)nn2)c(C)c1C. The molecule has 0 N–H and O–H groups in total. The fraction of sp³-hybridized carbons (Fsp3) is 0.368. The molecule has 0 unspecified atom stereocenters. The zero-order valence-electron chi connectivity index (χ0n) is 15.4. The number of aromatic nitrogens is 2. The summed E-state index contributed by atoms with van der Waals surface area (Å²) in [6.07, 6.45) is 1.79. The van der Waals surface area contributed by atoms with Crippen molar-refractivity contribution >= 4 is 18.0 Å². The van der Waals surface area contributed by atoms with Gasteiger partial charge in [-0.05, 0) is 63.1 Å². The van der Waals surface area contributed by atoms with Gasteiger partial charge in [0, 0.05) is 13.6 Å². The Morgan fingerprint density at radius 3 is 2.56 bits per heavy atom. The number of hydrogen-bond acceptors (Lipinski definition) is 5. The highest BCUT2D eigenvalue weighted by atomic mass is 16.5. The Hall–Kier alpha value is -2.76. The van der Waals surface area contributed by atoms with Crippen molar-refractivity contribution in [2.45, 2.75) is 34.3 Å². The van der Waals surface area contributed by atoms with Crippen molar-refractivity contribution < 1.29 is 9.53 Å². The minimum Gasteiger partial charge on any atom is -0.455 e. The second-order valence-electron chi connectivity index (χ2n) is 5.94. The molecular weight excluding hydrogens is 316 g/mol. The maximum Gasteiger partial charge on any atom is 0.338 e. The number of carbonyl (C=O) groups is 1. The third-order valence-corrected chi connectivity index (χ3v) is 4.08. The molecule has 1 aromatic carbocycles. The molecule has 0 atom stereocenters. The number of esters is 1. The predicted octanol–water partition coefficient (Wildman–Crippen LogP) is 3.37. The van der Waals surface area contributed by atoms with E-state index in [1.807, 2.05) is 44.9 Å². The van der Waals surface area contributed by atoms with Gasteiger partial charge in [-0.3, -0.25) is 0 Å². The Bertz CT molecular complexity index is 770. The van der Waals surface area contributed by atoms with Gasteiger partial charge in [-0.2, -0.15) is 10.2 Å². The first-order chi connectivity index (χ1) is 11.9. The van der Waals surface area contributed by atoms with E-state index in [1.54, 1.807) is 18.5 Å². The molecule has 132 valence electrons. The van der Waals surface area contributed by atoms with Crippen LogP contribution in [0.1, 0.15) is 39.8 Å². The molecule has 0 aliphatic rings. The molecule has 25 heavy (non-hydrogen) atoms. The molecule has 6 nitrogen and oxygen atoms in total. The van der Waals surface area contributed by atoms with Gasteiger partial charge in [0.15, 0.2) is 0 Å². The molecule has 1 heterocycles. The predicted molar refractivity (Wildman–Crippen MR) is 98.3 cm³/mol. The topological polar surface area (TPSA) is 67.7 Å². The van der Waals surface area contributed by atoms with E-state index in [0.717, 1.165) is 29.1 Å². The largest absolute Gasteiger partial charge is 0.455 e. The monoisotopic (exact) mass is 340 g/mol. The third kappa shape index (κ3) is 4.86. The number of carbonyl (C=O) groups excluding carboxylic acids is 1. The van der Waals surface area contributed by atoms with Crippen molar-refractivity contribution in [2.24, 2.45) is 4.99 Å². The first-order valence-corrected chi connectivity index (χ1v) is 8.23. The average molecular weight is 340 g/mol. The molecule has 0 saturated heterocycles. The zero-order valence-corrected chi connectivity index (χ0v) is 15.4. The Kier molecular flexibility index (Phi) is 6.22. The lowest BCUT2D eigenvalue weighted by Gasteiger charge is -2.12. The van der Waals surface area contributed by atoms with Gasteiger partial charge in [0.05, 0.1) is 23.3 Å². The summed E-state index contributed by atoms with van der Waals surface area (Å²) in [5.41, 5.74) is 4.67. The van der Waals surface area contributed by atoms with Crippen molar-refractivity contribution in [3.05, 3.63) is 52.3 Å². The molecule has 0 amide bonds. The van der Waals surface area contributed by atoms with E-state index in [-0.39, 0.29) is 12.6 Å². The quantitative estimate of drug-likeness (QED) is 0.458. The van der Waals surface area contributed by atoms with E-state index >= 15 is 0 Å². The number of aliphatic imine (C=N–C) groups is 1. The molecule has 0 saturated carbocycles. The summed E-state index contributed by atoms with van der Waals surface area (Å²) < 4.78 is 5.36. The summed E-state index contributed by atoms with van der Waals surface area (Å²) in [4.78, 5) is 18.8. The summed E-state index contributed by atoms with van der Waals surface area (Å²) in [5.74, 6) is -0.371. The van der Waals surface area contributed by atoms with Crippen LogP contribution in [0.4, 0.5) is 5.69 Å². The zero-order chi connectivity index (χ0) is 18.4. The van der Waals surface area contributed by atoms with Crippen LogP contribution in [-0.4, -0.2) is 41.0 Å². The number of nitrogens with zero attached hydrogens (tertiary/aromatic N) is 4. The molecule has 0 fully saturated rings. The van der Waals surface area contributed by atoms with Gasteiger partial charge in [-0.25, -0.2) is 9.79 Å². The maximum atomic E-state index is 12.4. The van der Waals surface area contributed by atoms with Gasteiger partial charge in [0.2, 0.25) is 0 Å². The highest BCUT2D eigenvalue weighted by Gasteiger charge is 2.14. The molecule has 0 aliphatic heterocycles. The highest BCUT2D eigenvalue weighted by molar-refractivity contribution is 5.92. The van der Waals surface area contributed by atoms with Crippen LogP contribution in [0.2, 0.25) is 0 Å². The number of aryl methyl sites for hydroxylation is 1. The van der Waals surface area contributed by atoms with Crippen molar-refractivity contribution in [2.75, 3.05) is 13.6 Å². The molecule has 0 aliphatic carbocycles. The molecule has 0 spiro atoms. The second-order valence-corrected chi connectivity index (χ2v) is 5.94. The van der Waals surface area contributed by atoms with Crippen LogP contribution in [0, 0.1) is 20.8 Å². The lowest BCUT2D eigenvalue weighted by Crippen LogP contribution is -2.14. The molecule has 0 bridgehead atoms. The summed E-state index contributed by atoms with van der Waals surface area (Å²) >= 11 is 0. The van der Waals surface area contributed by atoms with Gasteiger partial charge in [0.1, 0.15) is 12.3 Å². The Morgan fingerprint density at radius 1 is 1.16 bits per heavy atom. The summed E-state index contributed by atoms with van der Waals surface area (Å²) in [5, 5.41) is 7.95. The summed E-state index contributed by atoms with van der Waals surface area (Å²) in [6, 6.07) is 7.23. The van der Waals surface area contributed by atoms with Crippen LogP contribution in [0.3, 0.4) is 0 Å². The van der Waals surface area contributed by atoms with Crippen LogP contribution in [0.25, 0.3) is 0 Å². The molecule has 6 heteroatoms. The molecular formula is C19H24N4O2. The summed E-state index contributed by atoms with van der Waals surface area (Å²) in [6.45, 7) is 8.76. The van der Waals surface area contributed by atoms with Crippen molar-refractivity contribution in [1.29, 1.82) is 0 Å². The first-order valence-electron chi connectivity index (χ1n) is 8.23. The van der Waals surface area contributed by atoms with Gasteiger partial charge < -0.3 is 9.64 Å².